The van der Waals surface area contributed by atoms with E-state index in [0.717, 1.165) is 17.8 Å². The van der Waals surface area contributed by atoms with Crippen LogP contribution in [0.25, 0.3) is 5.82 Å². The first kappa shape index (κ1) is 15.0. The third kappa shape index (κ3) is 3.13. The van der Waals surface area contributed by atoms with Gasteiger partial charge in [-0.25, -0.2) is 9.67 Å². The average Bonchev–Trinajstić information content (AvgIpc) is 2.97. The van der Waals surface area contributed by atoms with Gasteiger partial charge in [-0.2, -0.15) is 5.10 Å². The third-order valence-corrected chi connectivity index (χ3v) is 3.71. The first-order chi connectivity index (χ1) is 11.2. The molecule has 0 radical (unpaired) electrons. The molecule has 5 nitrogen and oxygen atoms in total. The summed E-state index contributed by atoms with van der Waals surface area (Å²) in [5.74, 6) is 0.523. The highest BCUT2D eigenvalue weighted by molar-refractivity contribution is 6.05. The van der Waals surface area contributed by atoms with Gasteiger partial charge < -0.3 is 5.32 Å². The van der Waals surface area contributed by atoms with Crippen LogP contribution in [0.5, 0.6) is 0 Å². The van der Waals surface area contributed by atoms with Crippen molar-refractivity contribution in [3.63, 3.8) is 0 Å². The van der Waals surface area contributed by atoms with E-state index in [2.05, 4.69) is 22.3 Å². The molecule has 3 rings (SSSR count). The number of hydrogen-bond acceptors (Lipinski definition) is 3. The number of nitrogens with zero attached hydrogens (tertiary/aromatic N) is 3. The molecule has 2 heterocycles. The van der Waals surface area contributed by atoms with Crippen molar-refractivity contribution in [1.29, 1.82) is 0 Å². The Morgan fingerprint density at radius 2 is 2.09 bits per heavy atom. The van der Waals surface area contributed by atoms with Crippen molar-refractivity contribution in [2.45, 2.75) is 20.3 Å². The smallest absolute Gasteiger partial charge is 0.259 e. The molecule has 0 saturated carbocycles. The van der Waals surface area contributed by atoms with Crippen molar-refractivity contribution in [3.05, 3.63) is 71.7 Å². The Morgan fingerprint density at radius 1 is 1.22 bits per heavy atom. The Balaban J connectivity index is 1.84. The lowest BCUT2D eigenvalue weighted by Gasteiger charge is -2.07. The van der Waals surface area contributed by atoms with Gasteiger partial charge in [-0.15, -0.1) is 0 Å². The van der Waals surface area contributed by atoms with Gasteiger partial charge in [0.05, 0.1) is 17.5 Å². The van der Waals surface area contributed by atoms with E-state index in [1.54, 1.807) is 17.1 Å². The lowest BCUT2D eigenvalue weighted by atomic mass is 10.1. The Labute approximate surface area is 135 Å². The Hall–Kier alpha value is -2.95. The fourth-order valence-corrected chi connectivity index (χ4v) is 2.41. The molecule has 1 amide bonds. The van der Waals surface area contributed by atoms with Crippen LogP contribution in [-0.4, -0.2) is 20.7 Å². The van der Waals surface area contributed by atoms with Crippen LogP contribution >= 0.6 is 0 Å². The summed E-state index contributed by atoms with van der Waals surface area (Å²) in [7, 11) is 0. The van der Waals surface area contributed by atoms with Crippen LogP contribution in [0.4, 0.5) is 5.69 Å². The zero-order valence-corrected chi connectivity index (χ0v) is 13.2. The first-order valence-electron chi connectivity index (χ1n) is 7.55. The monoisotopic (exact) mass is 306 g/mol. The van der Waals surface area contributed by atoms with Crippen molar-refractivity contribution in [2.75, 3.05) is 5.32 Å². The van der Waals surface area contributed by atoms with Gasteiger partial charge in [0.1, 0.15) is 0 Å². The number of rotatable bonds is 4. The summed E-state index contributed by atoms with van der Waals surface area (Å²) in [6, 6.07) is 13.4. The van der Waals surface area contributed by atoms with Crippen molar-refractivity contribution in [3.8, 4) is 5.82 Å². The van der Waals surface area contributed by atoms with Gasteiger partial charge in [-0.3, -0.25) is 4.79 Å². The molecule has 0 atom stereocenters. The number of aryl methyl sites for hydroxylation is 1. The minimum atomic E-state index is -0.169. The molecule has 3 aromatic rings. The van der Waals surface area contributed by atoms with Crippen LogP contribution in [0.3, 0.4) is 0 Å². The largest absolute Gasteiger partial charge is 0.322 e. The van der Waals surface area contributed by atoms with Gasteiger partial charge >= 0.3 is 0 Å². The van der Waals surface area contributed by atoms with Crippen LogP contribution in [0.2, 0.25) is 0 Å². The van der Waals surface area contributed by atoms with Crippen molar-refractivity contribution >= 4 is 11.6 Å². The molecule has 0 aliphatic heterocycles. The third-order valence-electron chi connectivity index (χ3n) is 3.71. The van der Waals surface area contributed by atoms with E-state index in [4.69, 9.17) is 0 Å². The van der Waals surface area contributed by atoms with Gasteiger partial charge in [0.25, 0.3) is 5.91 Å². The zero-order valence-electron chi connectivity index (χ0n) is 13.2. The maximum Gasteiger partial charge on any atom is 0.259 e. The van der Waals surface area contributed by atoms with Crippen molar-refractivity contribution < 1.29 is 4.79 Å². The van der Waals surface area contributed by atoms with E-state index in [-0.39, 0.29) is 5.91 Å². The predicted octanol–water partition coefficient (Wildman–Crippen LogP) is 3.39. The van der Waals surface area contributed by atoms with E-state index in [1.165, 1.54) is 5.56 Å². The fraction of sp³-hybridized carbons (Fsp3) is 0.167. The molecule has 5 heteroatoms. The standard InChI is InChI=1S/C18H18N4O/c1-3-14-7-6-8-15(11-14)21-18(23)16-12-20-22(13(16)2)17-9-4-5-10-19-17/h4-12H,3H2,1-2H3,(H,21,23). The molecule has 1 aromatic carbocycles. The van der Waals surface area contributed by atoms with Crippen LogP contribution in [0.15, 0.2) is 54.9 Å². The highest BCUT2D eigenvalue weighted by Crippen LogP contribution is 2.16. The lowest BCUT2D eigenvalue weighted by Crippen LogP contribution is -2.13. The molecule has 116 valence electrons. The van der Waals surface area contributed by atoms with E-state index in [1.807, 2.05) is 49.4 Å². The second-order valence-corrected chi connectivity index (χ2v) is 5.25. The van der Waals surface area contributed by atoms with Gasteiger partial charge in [-0.05, 0) is 43.2 Å². The summed E-state index contributed by atoms with van der Waals surface area (Å²) in [6.07, 6.45) is 4.20. The summed E-state index contributed by atoms with van der Waals surface area (Å²) >= 11 is 0. The van der Waals surface area contributed by atoms with Crippen LogP contribution < -0.4 is 5.32 Å². The number of anilines is 1. The second kappa shape index (κ2) is 6.44. The van der Waals surface area contributed by atoms with Gasteiger partial charge in [0.15, 0.2) is 5.82 Å². The molecule has 23 heavy (non-hydrogen) atoms. The molecular formula is C18H18N4O. The number of carbonyl (C=O) groups is 1. The molecule has 2 aromatic heterocycles. The molecular weight excluding hydrogens is 288 g/mol. The van der Waals surface area contributed by atoms with Gasteiger partial charge in [-0.1, -0.05) is 25.1 Å². The van der Waals surface area contributed by atoms with E-state index in [9.17, 15) is 4.79 Å². The van der Waals surface area contributed by atoms with E-state index < -0.39 is 0 Å². The lowest BCUT2D eigenvalue weighted by molar-refractivity contribution is 0.102. The predicted molar refractivity (Wildman–Crippen MR) is 89.9 cm³/mol. The molecule has 1 N–H and O–H groups in total. The average molecular weight is 306 g/mol. The fourth-order valence-electron chi connectivity index (χ4n) is 2.41. The van der Waals surface area contributed by atoms with Gasteiger partial charge in [0.2, 0.25) is 0 Å². The molecule has 0 unspecified atom stereocenters. The minimum absolute atomic E-state index is 0.169. The SMILES string of the molecule is CCc1cccc(NC(=O)c2cnn(-c3ccccn3)c2C)c1. The van der Waals surface area contributed by atoms with Crippen LogP contribution in [-0.2, 0) is 6.42 Å². The number of benzene rings is 1. The topological polar surface area (TPSA) is 59.8 Å². The summed E-state index contributed by atoms with van der Waals surface area (Å²) < 4.78 is 1.66. The van der Waals surface area contributed by atoms with E-state index in [0.29, 0.717) is 11.4 Å². The normalized spacial score (nSPS) is 10.5. The molecule has 0 spiro atoms. The quantitative estimate of drug-likeness (QED) is 0.803. The summed E-state index contributed by atoms with van der Waals surface area (Å²) in [6.45, 7) is 3.95. The van der Waals surface area contributed by atoms with E-state index >= 15 is 0 Å². The Bertz CT molecular complexity index is 824. The number of nitrogens with one attached hydrogen (secondary N) is 1. The first-order valence-corrected chi connectivity index (χ1v) is 7.55. The summed E-state index contributed by atoms with van der Waals surface area (Å²) in [5.41, 5.74) is 3.27. The highest BCUT2D eigenvalue weighted by atomic mass is 16.1. The van der Waals surface area contributed by atoms with Crippen LogP contribution in [0.1, 0.15) is 28.5 Å². The Kier molecular flexibility index (Phi) is 4.19. The molecule has 0 aliphatic carbocycles. The second-order valence-electron chi connectivity index (χ2n) is 5.25. The van der Waals surface area contributed by atoms with Gasteiger partial charge in [0, 0.05) is 11.9 Å². The van der Waals surface area contributed by atoms with Crippen molar-refractivity contribution in [2.24, 2.45) is 0 Å². The van der Waals surface area contributed by atoms with Crippen LogP contribution in [0, 0.1) is 6.92 Å². The maximum atomic E-state index is 12.5. The number of amides is 1. The molecule has 0 bridgehead atoms. The number of pyridine rings is 1. The minimum Gasteiger partial charge on any atom is -0.322 e. The zero-order chi connectivity index (χ0) is 16.2. The number of aromatic nitrogens is 3. The Morgan fingerprint density at radius 3 is 2.83 bits per heavy atom. The van der Waals surface area contributed by atoms with Crippen molar-refractivity contribution in [1.82, 2.24) is 14.8 Å². The molecule has 0 saturated heterocycles. The maximum absolute atomic E-state index is 12.5. The number of hydrogen-bond donors (Lipinski definition) is 1. The molecule has 0 fully saturated rings. The number of carbonyl (C=O) groups excluding carboxylic acids is 1. The summed E-state index contributed by atoms with van der Waals surface area (Å²) in [4.78, 5) is 16.8. The highest BCUT2D eigenvalue weighted by Gasteiger charge is 2.15. The summed E-state index contributed by atoms with van der Waals surface area (Å²) in [5, 5.41) is 7.20. The molecule has 0 aliphatic rings.